The second kappa shape index (κ2) is 12.7. The fourth-order valence-electron chi connectivity index (χ4n) is 7.36. The van der Waals surface area contributed by atoms with Gasteiger partial charge in [0.2, 0.25) is 11.9 Å². The van der Waals surface area contributed by atoms with Crippen molar-refractivity contribution in [2.45, 2.75) is 76.5 Å². The number of hydrogen-bond donors (Lipinski definition) is 2. The van der Waals surface area contributed by atoms with Crippen LogP contribution in [-0.2, 0) is 14.6 Å². The number of rotatable bonds is 8. The van der Waals surface area contributed by atoms with E-state index in [2.05, 4.69) is 52.7 Å². The number of aromatic nitrogens is 3. The van der Waals surface area contributed by atoms with E-state index in [1.54, 1.807) is 6.20 Å². The molecule has 12 heteroatoms. The Bertz CT molecular complexity index is 1770. The molecule has 0 radical (unpaired) electrons. The molecule has 2 aromatic heterocycles. The van der Waals surface area contributed by atoms with E-state index in [4.69, 9.17) is 9.97 Å². The molecule has 3 aromatic rings. The summed E-state index contributed by atoms with van der Waals surface area (Å²) in [7, 11) is -3.11. The number of benzene rings is 1. The molecule has 3 saturated heterocycles. The van der Waals surface area contributed by atoms with E-state index in [9.17, 15) is 18.3 Å². The highest BCUT2D eigenvalue weighted by Gasteiger charge is 2.48. The molecule has 0 spiro atoms. The SMILES string of the molecule is C=CC(=O)N1CCCCC[C@H]1c1ccc(N2C[C@H](CS(C)(=O)=O)C2(C)C)c2cnc(Nc3ccnc(N4CCC(C)(O)CC4)n3)cc12. The molecule has 1 aromatic carbocycles. The molecule has 0 unspecified atom stereocenters. The first-order chi connectivity index (χ1) is 22.3. The highest BCUT2D eigenvalue weighted by molar-refractivity contribution is 7.90. The van der Waals surface area contributed by atoms with Crippen LogP contribution in [0.2, 0.25) is 0 Å². The average Bonchev–Trinajstić information content (AvgIpc) is 3.28. The molecule has 5 heterocycles. The van der Waals surface area contributed by atoms with Crippen molar-refractivity contribution in [3.63, 3.8) is 0 Å². The van der Waals surface area contributed by atoms with Gasteiger partial charge in [-0.2, -0.15) is 4.98 Å². The van der Waals surface area contributed by atoms with Gasteiger partial charge in [0.15, 0.2) is 0 Å². The Hall–Kier alpha value is -3.77. The predicted molar refractivity (Wildman–Crippen MR) is 187 cm³/mol. The Morgan fingerprint density at radius 2 is 1.83 bits per heavy atom. The summed E-state index contributed by atoms with van der Waals surface area (Å²) in [4.78, 5) is 33.5. The topological polar surface area (TPSA) is 132 Å². The molecular formula is C35H47N7O4S. The largest absolute Gasteiger partial charge is 0.390 e. The number of carbonyl (C=O) groups excluding carboxylic acids is 1. The first kappa shape index (κ1) is 33.1. The van der Waals surface area contributed by atoms with Crippen LogP contribution in [0, 0.1) is 5.92 Å². The average molecular weight is 662 g/mol. The Balaban J connectivity index is 1.38. The third kappa shape index (κ3) is 6.94. The van der Waals surface area contributed by atoms with Gasteiger partial charge < -0.3 is 25.1 Å². The van der Waals surface area contributed by atoms with Crippen LogP contribution in [0.15, 0.2) is 49.3 Å². The van der Waals surface area contributed by atoms with Crippen molar-refractivity contribution in [1.82, 2.24) is 19.9 Å². The van der Waals surface area contributed by atoms with Gasteiger partial charge in [-0.15, -0.1) is 0 Å². The summed E-state index contributed by atoms with van der Waals surface area (Å²) in [5.41, 5.74) is 1.03. The summed E-state index contributed by atoms with van der Waals surface area (Å²) < 4.78 is 24.3. The van der Waals surface area contributed by atoms with Crippen LogP contribution < -0.4 is 15.1 Å². The van der Waals surface area contributed by atoms with Gasteiger partial charge in [0, 0.05) is 67.4 Å². The van der Waals surface area contributed by atoms with Gasteiger partial charge in [-0.1, -0.05) is 25.5 Å². The third-order valence-electron chi connectivity index (χ3n) is 10.4. The second-order valence-corrected chi connectivity index (χ2v) is 16.5. The minimum Gasteiger partial charge on any atom is -0.390 e. The predicted octanol–water partition coefficient (Wildman–Crippen LogP) is 5.01. The van der Waals surface area contributed by atoms with E-state index < -0.39 is 15.4 Å². The summed E-state index contributed by atoms with van der Waals surface area (Å²) in [6.45, 7) is 12.5. The summed E-state index contributed by atoms with van der Waals surface area (Å²) in [6, 6.07) is 7.98. The number of carbonyl (C=O) groups is 1. The summed E-state index contributed by atoms with van der Waals surface area (Å²) in [6.07, 6.45) is 11.5. The first-order valence-corrected chi connectivity index (χ1v) is 18.7. The van der Waals surface area contributed by atoms with Gasteiger partial charge in [0.05, 0.1) is 17.4 Å². The van der Waals surface area contributed by atoms with Gasteiger partial charge in [0.25, 0.3) is 0 Å². The fourth-order valence-corrected chi connectivity index (χ4v) is 8.61. The molecule has 3 aliphatic heterocycles. The van der Waals surface area contributed by atoms with E-state index in [0.717, 1.165) is 47.7 Å². The van der Waals surface area contributed by atoms with Crippen LogP contribution in [-0.4, -0.2) is 88.6 Å². The van der Waals surface area contributed by atoms with Gasteiger partial charge >= 0.3 is 0 Å². The molecule has 3 fully saturated rings. The number of piperidine rings is 1. The molecule has 2 atom stereocenters. The Morgan fingerprint density at radius 3 is 2.53 bits per heavy atom. The summed E-state index contributed by atoms with van der Waals surface area (Å²) in [5.74, 6) is 1.94. The van der Waals surface area contributed by atoms with Gasteiger partial charge in [-0.3, -0.25) is 4.79 Å². The molecule has 47 heavy (non-hydrogen) atoms. The van der Waals surface area contributed by atoms with Crippen LogP contribution in [0.25, 0.3) is 10.8 Å². The lowest BCUT2D eigenvalue weighted by molar-refractivity contribution is -0.128. The first-order valence-electron chi connectivity index (χ1n) is 16.6. The Morgan fingerprint density at radius 1 is 1.06 bits per heavy atom. The van der Waals surface area contributed by atoms with Crippen LogP contribution in [0.5, 0.6) is 0 Å². The van der Waals surface area contributed by atoms with Crippen molar-refractivity contribution in [2.75, 3.05) is 53.3 Å². The number of aliphatic hydroxyl groups is 1. The van der Waals surface area contributed by atoms with Crippen molar-refractivity contribution in [3.8, 4) is 0 Å². The minimum absolute atomic E-state index is 0.0154. The minimum atomic E-state index is -3.11. The summed E-state index contributed by atoms with van der Waals surface area (Å²) >= 11 is 0. The molecule has 0 bridgehead atoms. The monoisotopic (exact) mass is 661 g/mol. The van der Waals surface area contributed by atoms with E-state index >= 15 is 0 Å². The van der Waals surface area contributed by atoms with Crippen LogP contribution in [0.4, 0.5) is 23.3 Å². The van der Waals surface area contributed by atoms with Gasteiger partial charge in [0.1, 0.15) is 21.5 Å². The van der Waals surface area contributed by atoms with Crippen LogP contribution in [0.1, 0.15) is 70.9 Å². The van der Waals surface area contributed by atoms with E-state index in [1.165, 1.54) is 12.3 Å². The van der Waals surface area contributed by atoms with Crippen molar-refractivity contribution >= 4 is 49.8 Å². The standard InChI is InChI=1S/C35H47N7O4S/c1-6-32(43)41-17-9-7-8-10-28(41)25-11-12-29(42-22-24(34(42,2)3)23-47(5,45)46)27-21-37-31(20-26(25)27)38-30-13-16-36-33(39-30)40-18-14-35(4,44)15-19-40/h6,11-13,16,20-21,24,28,44H,1,7-10,14-15,17-19,22-23H2,2-5H3,(H,36,37,38,39)/t24-,28+/m1/s1. The van der Waals surface area contributed by atoms with Crippen LogP contribution >= 0.6 is 0 Å². The molecule has 11 nitrogen and oxygen atoms in total. The zero-order valence-electron chi connectivity index (χ0n) is 27.9. The maximum Gasteiger partial charge on any atom is 0.246 e. The molecule has 6 rings (SSSR count). The number of fused-ring (bicyclic) bond motifs is 1. The zero-order valence-corrected chi connectivity index (χ0v) is 28.8. The van der Waals surface area contributed by atoms with Gasteiger partial charge in [-0.25, -0.2) is 18.4 Å². The van der Waals surface area contributed by atoms with Crippen LogP contribution in [0.3, 0.4) is 0 Å². The zero-order chi connectivity index (χ0) is 33.6. The molecule has 1 amide bonds. The number of hydrogen-bond acceptors (Lipinski definition) is 10. The lowest BCUT2D eigenvalue weighted by Gasteiger charge is -2.57. The van der Waals surface area contributed by atoms with Crippen molar-refractivity contribution in [1.29, 1.82) is 0 Å². The molecule has 2 N–H and O–H groups in total. The number of likely N-dealkylation sites (tertiary alicyclic amines) is 1. The normalized spacial score (nSPS) is 22.8. The lowest BCUT2D eigenvalue weighted by Crippen LogP contribution is -2.66. The molecule has 3 aliphatic rings. The maximum absolute atomic E-state index is 13.1. The molecular weight excluding hydrogens is 614 g/mol. The quantitative estimate of drug-likeness (QED) is 0.318. The van der Waals surface area contributed by atoms with Crippen molar-refractivity contribution in [3.05, 3.63) is 54.9 Å². The Kier molecular flexibility index (Phi) is 8.94. The Labute approximate surface area is 278 Å². The smallest absolute Gasteiger partial charge is 0.246 e. The number of amides is 1. The van der Waals surface area contributed by atoms with E-state index in [1.807, 2.05) is 30.2 Å². The molecule has 0 aliphatic carbocycles. The van der Waals surface area contributed by atoms with Crippen molar-refractivity contribution in [2.24, 2.45) is 5.92 Å². The van der Waals surface area contributed by atoms with E-state index in [-0.39, 0.29) is 29.2 Å². The second-order valence-electron chi connectivity index (χ2n) is 14.3. The summed E-state index contributed by atoms with van der Waals surface area (Å²) in [5, 5.41) is 15.7. The number of anilines is 4. The fraction of sp³-hybridized carbons (Fsp3) is 0.543. The number of nitrogens with one attached hydrogen (secondary N) is 1. The molecule has 252 valence electrons. The third-order valence-corrected chi connectivity index (χ3v) is 11.4. The lowest BCUT2D eigenvalue weighted by atomic mass is 9.77. The maximum atomic E-state index is 13.1. The number of pyridine rings is 1. The van der Waals surface area contributed by atoms with Crippen molar-refractivity contribution < 1.29 is 18.3 Å². The number of sulfone groups is 1. The van der Waals surface area contributed by atoms with Gasteiger partial charge in [-0.05, 0) is 81.7 Å². The highest BCUT2D eigenvalue weighted by Crippen LogP contribution is 2.46. The highest BCUT2D eigenvalue weighted by atomic mass is 32.2. The van der Waals surface area contributed by atoms with E-state index in [0.29, 0.717) is 56.6 Å². The number of nitrogens with zero attached hydrogens (tertiary/aromatic N) is 6. The molecule has 0 saturated carbocycles.